The zero-order valence-electron chi connectivity index (χ0n) is 9.50. The summed E-state index contributed by atoms with van der Waals surface area (Å²) in [4.78, 5) is 8.49. The third-order valence-corrected chi connectivity index (χ3v) is 2.75. The molecule has 0 bridgehead atoms. The van der Waals surface area contributed by atoms with Crippen molar-refractivity contribution in [1.29, 1.82) is 0 Å². The van der Waals surface area contributed by atoms with E-state index in [9.17, 15) is 0 Å². The van der Waals surface area contributed by atoms with E-state index < -0.39 is 0 Å². The summed E-state index contributed by atoms with van der Waals surface area (Å²) in [6.07, 6.45) is 4.37. The number of hydrogen-bond acceptors (Lipinski definition) is 3. The van der Waals surface area contributed by atoms with Crippen LogP contribution in [0.2, 0.25) is 5.02 Å². The molecular formula is C11H18ClN3. The number of aromatic nitrogens is 2. The Morgan fingerprint density at radius 2 is 1.93 bits per heavy atom. The van der Waals surface area contributed by atoms with Gasteiger partial charge in [-0.15, -0.1) is 0 Å². The van der Waals surface area contributed by atoms with Gasteiger partial charge in [-0.1, -0.05) is 32.4 Å². The smallest absolute Gasteiger partial charge is 0.132 e. The van der Waals surface area contributed by atoms with E-state index in [0.29, 0.717) is 17.0 Å². The maximum atomic E-state index is 5.75. The minimum Gasteiger partial charge on any atom is -0.314 e. The fourth-order valence-electron chi connectivity index (χ4n) is 1.67. The van der Waals surface area contributed by atoms with Crippen molar-refractivity contribution < 1.29 is 0 Å². The van der Waals surface area contributed by atoms with Crippen LogP contribution < -0.4 is 5.32 Å². The van der Waals surface area contributed by atoms with Crippen molar-refractivity contribution in [2.24, 2.45) is 0 Å². The molecule has 15 heavy (non-hydrogen) atoms. The molecule has 0 aliphatic carbocycles. The summed E-state index contributed by atoms with van der Waals surface area (Å²) in [5.41, 5.74) is 0. The third-order valence-electron chi connectivity index (χ3n) is 2.56. The molecule has 3 nitrogen and oxygen atoms in total. The lowest BCUT2D eigenvalue weighted by atomic mass is 9.99. The Hall–Kier alpha value is -0.670. The maximum Gasteiger partial charge on any atom is 0.132 e. The standard InChI is InChI=1S/C11H18ClN3/c1-4-10(13-5-2)8(3)11-14-6-9(12)7-15-11/h6-8,10,13H,4-5H2,1-3H3. The molecule has 4 heteroatoms. The summed E-state index contributed by atoms with van der Waals surface area (Å²) in [5.74, 6) is 1.17. The third kappa shape index (κ3) is 3.43. The molecule has 1 aromatic rings. The van der Waals surface area contributed by atoms with E-state index in [1.165, 1.54) is 0 Å². The molecule has 0 amide bonds. The second kappa shape index (κ2) is 6.03. The van der Waals surface area contributed by atoms with Gasteiger partial charge in [0.25, 0.3) is 0 Å². The molecule has 0 aliphatic heterocycles. The Balaban J connectivity index is 2.73. The van der Waals surface area contributed by atoms with Crippen LogP contribution in [0.3, 0.4) is 0 Å². The highest BCUT2D eigenvalue weighted by molar-refractivity contribution is 6.30. The second-order valence-corrected chi connectivity index (χ2v) is 4.06. The fraction of sp³-hybridized carbons (Fsp3) is 0.636. The van der Waals surface area contributed by atoms with Crippen molar-refractivity contribution in [1.82, 2.24) is 15.3 Å². The molecule has 2 atom stereocenters. The van der Waals surface area contributed by atoms with Gasteiger partial charge in [0, 0.05) is 24.4 Å². The summed E-state index contributed by atoms with van der Waals surface area (Å²) in [6.45, 7) is 7.38. The molecule has 0 aromatic carbocycles. The molecule has 1 aromatic heterocycles. The van der Waals surface area contributed by atoms with Crippen LogP contribution in [0.15, 0.2) is 12.4 Å². The number of likely N-dealkylation sites (N-methyl/N-ethyl adjacent to an activating group) is 1. The van der Waals surface area contributed by atoms with Crippen LogP contribution in [0.5, 0.6) is 0 Å². The highest BCUT2D eigenvalue weighted by Gasteiger charge is 2.18. The van der Waals surface area contributed by atoms with E-state index in [1.54, 1.807) is 12.4 Å². The van der Waals surface area contributed by atoms with E-state index in [0.717, 1.165) is 18.8 Å². The molecule has 0 spiro atoms. The van der Waals surface area contributed by atoms with Gasteiger partial charge in [-0.05, 0) is 13.0 Å². The van der Waals surface area contributed by atoms with E-state index in [2.05, 4.69) is 36.1 Å². The molecule has 1 N–H and O–H groups in total. The van der Waals surface area contributed by atoms with Gasteiger partial charge in [-0.3, -0.25) is 0 Å². The van der Waals surface area contributed by atoms with Crippen LogP contribution in [0.25, 0.3) is 0 Å². The number of nitrogens with zero attached hydrogens (tertiary/aromatic N) is 2. The van der Waals surface area contributed by atoms with Crippen molar-refractivity contribution in [2.75, 3.05) is 6.54 Å². The molecule has 1 rings (SSSR count). The molecule has 1 heterocycles. The van der Waals surface area contributed by atoms with Gasteiger partial charge in [0.05, 0.1) is 5.02 Å². The Morgan fingerprint density at radius 1 is 1.33 bits per heavy atom. The van der Waals surface area contributed by atoms with Crippen LogP contribution >= 0.6 is 11.6 Å². The van der Waals surface area contributed by atoms with Gasteiger partial charge in [-0.2, -0.15) is 0 Å². The van der Waals surface area contributed by atoms with Crippen molar-refractivity contribution in [3.63, 3.8) is 0 Å². The van der Waals surface area contributed by atoms with Gasteiger partial charge in [0.15, 0.2) is 0 Å². The Morgan fingerprint density at radius 3 is 2.40 bits per heavy atom. The highest BCUT2D eigenvalue weighted by Crippen LogP contribution is 2.18. The summed E-state index contributed by atoms with van der Waals surface area (Å²) in [7, 11) is 0. The molecule has 0 saturated carbocycles. The maximum absolute atomic E-state index is 5.75. The van der Waals surface area contributed by atoms with Gasteiger partial charge in [-0.25, -0.2) is 9.97 Å². The molecule has 0 aliphatic rings. The number of halogens is 1. The molecule has 0 radical (unpaired) electrons. The van der Waals surface area contributed by atoms with Gasteiger partial charge < -0.3 is 5.32 Å². The van der Waals surface area contributed by atoms with E-state index in [-0.39, 0.29) is 0 Å². The predicted molar refractivity (Wildman–Crippen MR) is 63.2 cm³/mol. The Kier molecular flexibility index (Phi) is 4.99. The Bertz CT molecular complexity index is 286. The first-order valence-corrected chi connectivity index (χ1v) is 5.77. The summed E-state index contributed by atoms with van der Waals surface area (Å²) in [5, 5.41) is 4.02. The van der Waals surface area contributed by atoms with Crippen LogP contribution in [0.1, 0.15) is 38.9 Å². The SMILES string of the molecule is CCNC(CC)C(C)c1ncc(Cl)cn1. The van der Waals surface area contributed by atoms with Gasteiger partial charge in [0.2, 0.25) is 0 Å². The molecule has 0 fully saturated rings. The number of rotatable bonds is 5. The van der Waals surface area contributed by atoms with Crippen LogP contribution in [0.4, 0.5) is 0 Å². The first-order chi connectivity index (χ1) is 7.19. The lowest BCUT2D eigenvalue weighted by Gasteiger charge is -2.22. The van der Waals surface area contributed by atoms with Crippen molar-refractivity contribution in [3.05, 3.63) is 23.2 Å². The summed E-state index contributed by atoms with van der Waals surface area (Å²) < 4.78 is 0. The Labute approximate surface area is 96.3 Å². The van der Waals surface area contributed by atoms with Crippen molar-refractivity contribution >= 4 is 11.6 Å². The molecule has 84 valence electrons. The lowest BCUT2D eigenvalue weighted by molar-refractivity contribution is 0.435. The zero-order chi connectivity index (χ0) is 11.3. The minimum atomic E-state index is 0.312. The lowest BCUT2D eigenvalue weighted by Crippen LogP contribution is -2.33. The first-order valence-electron chi connectivity index (χ1n) is 5.39. The van der Waals surface area contributed by atoms with Crippen molar-refractivity contribution in [3.8, 4) is 0 Å². The summed E-state index contributed by atoms with van der Waals surface area (Å²) in [6, 6.07) is 0.427. The van der Waals surface area contributed by atoms with Gasteiger partial charge >= 0.3 is 0 Å². The quantitative estimate of drug-likeness (QED) is 0.841. The normalized spacial score (nSPS) is 14.9. The highest BCUT2D eigenvalue weighted by atomic mass is 35.5. The second-order valence-electron chi connectivity index (χ2n) is 3.62. The minimum absolute atomic E-state index is 0.312. The average molecular weight is 228 g/mol. The number of nitrogens with one attached hydrogen (secondary N) is 1. The zero-order valence-corrected chi connectivity index (χ0v) is 10.3. The monoisotopic (exact) mass is 227 g/mol. The number of hydrogen-bond donors (Lipinski definition) is 1. The largest absolute Gasteiger partial charge is 0.314 e. The van der Waals surface area contributed by atoms with Crippen molar-refractivity contribution in [2.45, 2.75) is 39.2 Å². The molecule has 2 unspecified atom stereocenters. The fourth-order valence-corrected chi connectivity index (χ4v) is 1.77. The average Bonchev–Trinajstić information content (AvgIpc) is 2.26. The van der Waals surface area contributed by atoms with Crippen LogP contribution in [0, 0.1) is 0 Å². The van der Waals surface area contributed by atoms with Crippen LogP contribution in [-0.4, -0.2) is 22.6 Å². The first kappa shape index (κ1) is 12.4. The van der Waals surface area contributed by atoms with Gasteiger partial charge in [0.1, 0.15) is 5.82 Å². The summed E-state index contributed by atoms with van der Waals surface area (Å²) >= 11 is 5.75. The molecular weight excluding hydrogens is 210 g/mol. The molecule has 0 saturated heterocycles. The van der Waals surface area contributed by atoms with E-state index in [1.807, 2.05) is 0 Å². The van der Waals surface area contributed by atoms with E-state index >= 15 is 0 Å². The topological polar surface area (TPSA) is 37.8 Å². The predicted octanol–water partition coefficient (Wildman–Crippen LogP) is 2.62. The van der Waals surface area contributed by atoms with E-state index in [4.69, 9.17) is 11.6 Å². The van der Waals surface area contributed by atoms with Crippen LogP contribution in [-0.2, 0) is 0 Å².